The molecular weight excluding hydrogens is 546 g/mol. The van der Waals surface area contributed by atoms with Gasteiger partial charge in [0.05, 0.1) is 6.04 Å². The van der Waals surface area contributed by atoms with Crippen molar-refractivity contribution in [2.45, 2.75) is 57.2 Å². The molecule has 42 heavy (non-hydrogen) atoms. The summed E-state index contributed by atoms with van der Waals surface area (Å²) < 4.78 is 5.94. The molecule has 4 N–H and O–H groups in total. The van der Waals surface area contributed by atoms with E-state index in [1.165, 1.54) is 0 Å². The van der Waals surface area contributed by atoms with Crippen molar-refractivity contribution >= 4 is 29.5 Å². The standard InChI is InChI=1S/C34H41N3O4S/c1-22(2)19-30(36-32(38)29(35)17-18-42-3)33(39)37-31(20-23-11-5-4-6-12-23)34(40)41-21-28-26-15-9-7-13-24(26)25-14-8-10-16-27(25)28/h4-16,22,28-31H,17-21,35H2,1-3H3,(H,36,38)(H,37,39)/t29-,30-,31-/m0/s1. The van der Waals surface area contributed by atoms with E-state index in [9.17, 15) is 14.4 Å². The number of esters is 1. The SMILES string of the molecule is CSCC[C@H](N)C(=O)N[C@@H](CC(C)C)C(=O)N[C@@H](Cc1ccccc1)C(=O)OCC1c2ccccc2-c2ccccc21. The first-order valence-electron chi connectivity index (χ1n) is 14.5. The number of carbonyl (C=O) groups is 3. The Bertz CT molecular complexity index is 1320. The second-order valence-electron chi connectivity index (χ2n) is 11.2. The van der Waals surface area contributed by atoms with Gasteiger partial charge in [0, 0.05) is 12.3 Å². The highest BCUT2D eigenvalue weighted by Crippen LogP contribution is 2.44. The van der Waals surface area contributed by atoms with Crippen molar-refractivity contribution in [2.24, 2.45) is 11.7 Å². The summed E-state index contributed by atoms with van der Waals surface area (Å²) in [6.07, 6.45) is 3.14. The Kier molecular flexibility index (Phi) is 11.2. The first-order valence-corrected chi connectivity index (χ1v) is 15.9. The summed E-state index contributed by atoms with van der Waals surface area (Å²) in [6.45, 7) is 4.12. The molecule has 1 aliphatic carbocycles. The van der Waals surface area contributed by atoms with Crippen molar-refractivity contribution < 1.29 is 19.1 Å². The number of nitrogens with one attached hydrogen (secondary N) is 2. The van der Waals surface area contributed by atoms with Crippen LogP contribution in [-0.2, 0) is 25.5 Å². The molecule has 3 aromatic rings. The Balaban J connectivity index is 1.50. The third kappa shape index (κ3) is 8.01. The molecule has 2 amide bonds. The van der Waals surface area contributed by atoms with E-state index < -0.39 is 30.0 Å². The molecule has 8 heteroatoms. The normalized spacial score (nSPS) is 14.4. The molecule has 0 aromatic heterocycles. The quantitative estimate of drug-likeness (QED) is 0.236. The van der Waals surface area contributed by atoms with Crippen LogP contribution >= 0.6 is 11.8 Å². The predicted octanol–water partition coefficient (Wildman–Crippen LogP) is 4.68. The minimum Gasteiger partial charge on any atom is -0.463 e. The van der Waals surface area contributed by atoms with Crippen molar-refractivity contribution in [1.82, 2.24) is 10.6 Å². The molecule has 0 heterocycles. The van der Waals surface area contributed by atoms with Gasteiger partial charge in [-0.25, -0.2) is 4.79 Å². The average molecular weight is 588 g/mol. The maximum atomic E-state index is 13.6. The zero-order valence-corrected chi connectivity index (χ0v) is 25.4. The number of amides is 2. The molecule has 0 aliphatic heterocycles. The Morgan fingerprint density at radius 3 is 2.00 bits per heavy atom. The van der Waals surface area contributed by atoms with Crippen molar-refractivity contribution in [3.63, 3.8) is 0 Å². The van der Waals surface area contributed by atoms with Crippen molar-refractivity contribution in [3.05, 3.63) is 95.6 Å². The lowest BCUT2D eigenvalue weighted by Crippen LogP contribution is -2.55. The molecule has 0 saturated carbocycles. The van der Waals surface area contributed by atoms with Crippen LogP contribution in [0.1, 0.15) is 49.3 Å². The molecule has 4 rings (SSSR count). The molecule has 0 fully saturated rings. The van der Waals surface area contributed by atoms with E-state index in [2.05, 4.69) is 34.9 Å². The number of ether oxygens (including phenoxy) is 1. The molecule has 3 atom stereocenters. The Hall–Kier alpha value is -3.62. The lowest BCUT2D eigenvalue weighted by atomic mass is 9.98. The molecule has 0 unspecified atom stereocenters. The Morgan fingerprint density at radius 1 is 0.833 bits per heavy atom. The van der Waals surface area contributed by atoms with Crippen molar-refractivity contribution in [3.8, 4) is 11.1 Å². The number of benzene rings is 3. The summed E-state index contributed by atoms with van der Waals surface area (Å²) in [6, 6.07) is 23.4. The van der Waals surface area contributed by atoms with Crippen LogP contribution in [0.25, 0.3) is 11.1 Å². The lowest BCUT2D eigenvalue weighted by molar-refractivity contribution is -0.148. The Labute approximate surface area is 253 Å². The molecule has 0 bridgehead atoms. The van der Waals surface area contributed by atoms with Gasteiger partial charge >= 0.3 is 5.97 Å². The lowest BCUT2D eigenvalue weighted by Gasteiger charge is -2.25. The zero-order chi connectivity index (χ0) is 30.1. The molecule has 0 saturated heterocycles. The van der Waals surface area contributed by atoms with E-state index in [1.807, 2.05) is 74.7 Å². The second kappa shape index (κ2) is 15.0. The van der Waals surface area contributed by atoms with Crippen LogP contribution in [0.2, 0.25) is 0 Å². The van der Waals surface area contributed by atoms with Crippen LogP contribution in [0.5, 0.6) is 0 Å². The largest absolute Gasteiger partial charge is 0.463 e. The number of fused-ring (bicyclic) bond motifs is 3. The highest BCUT2D eigenvalue weighted by Gasteiger charge is 2.32. The topological polar surface area (TPSA) is 111 Å². The summed E-state index contributed by atoms with van der Waals surface area (Å²) >= 11 is 1.61. The molecule has 7 nitrogen and oxygen atoms in total. The summed E-state index contributed by atoms with van der Waals surface area (Å²) in [5.41, 5.74) is 11.5. The third-order valence-electron chi connectivity index (χ3n) is 7.55. The highest BCUT2D eigenvalue weighted by atomic mass is 32.2. The molecule has 0 spiro atoms. The van der Waals surface area contributed by atoms with Gasteiger partial charge in [-0.2, -0.15) is 11.8 Å². The number of hydrogen-bond acceptors (Lipinski definition) is 6. The maximum Gasteiger partial charge on any atom is 0.329 e. The molecule has 3 aromatic carbocycles. The van der Waals surface area contributed by atoms with E-state index in [1.54, 1.807) is 11.8 Å². The smallest absolute Gasteiger partial charge is 0.329 e. The van der Waals surface area contributed by atoms with E-state index >= 15 is 0 Å². The van der Waals surface area contributed by atoms with E-state index in [4.69, 9.17) is 10.5 Å². The second-order valence-corrected chi connectivity index (χ2v) is 12.2. The van der Waals surface area contributed by atoms with Crippen molar-refractivity contribution in [2.75, 3.05) is 18.6 Å². The van der Waals surface area contributed by atoms with Crippen LogP contribution in [0.4, 0.5) is 0 Å². The minimum absolute atomic E-state index is 0.0924. The van der Waals surface area contributed by atoms with Crippen LogP contribution in [0, 0.1) is 5.92 Å². The number of nitrogens with two attached hydrogens (primary N) is 1. The van der Waals surface area contributed by atoms with Gasteiger partial charge in [-0.15, -0.1) is 0 Å². The van der Waals surface area contributed by atoms with Gasteiger partial charge in [-0.3, -0.25) is 9.59 Å². The van der Waals surface area contributed by atoms with Gasteiger partial charge < -0.3 is 21.1 Å². The number of hydrogen-bond donors (Lipinski definition) is 3. The summed E-state index contributed by atoms with van der Waals surface area (Å²) in [5.74, 6) is -0.526. The number of rotatable bonds is 14. The molecular formula is C34H41N3O4S. The van der Waals surface area contributed by atoms with Crippen LogP contribution in [0.3, 0.4) is 0 Å². The van der Waals surface area contributed by atoms with E-state index in [0.717, 1.165) is 33.6 Å². The summed E-state index contributed by atoms with van der Waals surface area (Å²) in [7, 11) is 0. The van der Waals surface area contributed by atoms with Gasteiger partial charge in [0.15, 0.2) is 0 Å². The summed E-state index contributed by atoms with van der Waals surface area (Å²) in [5, 5.41) is 5.73. The molecule has 1 aliphatic rings. The van der Waals surface area contributed by atoms with Gasteiger partial charge in [0.1, 0.15) is 18.7 Å². The van der Waals surface area contributed by atoms with Crippen LogP contribution in [-0.4, -0.2) is 54.5 Å². The van der Waals surface area contributed by atoms with Crippen molar-refractivity contribution in [1.29, 1.82) is 0 Å². The summed E-state index contributed by atoms with van der Waals surface area (Å²) in [4.78, 5) is 40.0. The van der Waals surface area contributed by atoms with Gasteiger partial charge in [-0.05, 0) is 58.6 Å². The molecule has 0 radical (unpaired) electrons. The van der Waals surface area contributed by atoms with E-state index in [0.29, 0.717) is 12.8 Å². The number of thioether (sulfide) groups is 1. The van der Waals surface area contributed by atoms with Crippen LogP contribution in [0.15, 0.2) is 78.9 Å². The number of carbonyl (C=O) groups excluding carboxylic acids is 3. The van der Waals surface area contributed by atoms with E-state index in [-0.39, 0.29) is 30.8 Å². The highest BCUT2D eigenvalue weighted by molar-refractivity contribution is 7.98. The fraction of sp³-hybridized carbons (Fsp3) is 0.382. The average Bonchev–Trinajstić information content (AvgIpc) is 3.31. The van der Waals surface area contributed by atoms with Gasteiger partial charge in [0.25, 0.3) is 0 Å². The third-order valence-corrected chi connectivity index (χ3v) is 8.19. The van der Waals surface area contributed by atoms with Crippen LogP contribution < -0.4 is 16.4 Å². The molecule has 222 valence electrons. The van der Waals surface area contributed by atoms with Gasteiger partial charge in [0.2, 0.25) is 11.8 Å². The first-order chi connectivity index (χ1) is 20.3. The fourth-order valence-electron chi connectivity index (χ4n) is 5.38. The minimum atomic E-state index is -0.927. The predicted molar refractivity (Wildman–Crippen MR) is 169 cm³/mol. The Morgan fingerprint density at radius 2 is 1.40 bits per heavy atom. The maximum absolute atomic E-state index is 13.6. The zero-order valence-electron chi connectivity index (χ0n) is 24.5. The first kappa shape index (κ1) is 31.3. The van der Waals surface area contributed by atoms with Gasteiger partial charge in [-0.1, -0.05) is 92.7 Å². The fourth-order valence-corrected chi connectivity index (χ4v) is 5.87. The monoisotopic (exact) mass is 587 g/mol.